The maximum Gasteiger partial charge on any atom is 0.233 e. The number of ether oxygens (including phenoxy) is 3. The Kier molecular flexibility index (Phi) is 10.5. The summed E-state index contributed by atoms with van der Waals surface area (Å²) in [5, 5.41) is 21.2. The molecule has 0 fully saturated rings. The minimum Gasteiger partial charge on any atom is -0.494 e. The van der Waals surface area contributed by atoms with Gasteiger partial charge >= 0.3 is 0 Å². The Morgan fingerprint density at radius 2 is 1.83 bits per heavy atom. The predicted molar refractivity (Wildman–Crippen MR) is 114 cm³/mol. The highest BCUT2D eigenvalue weighted by Gasteiger charge is 2.20. The molecule has 0 saturated carbocycles. The maximum atomic E-state index is 10.2. The van der Waals surface area contributed by atoms with E-state index < -0.39 is 6.10 Å². The van der Waals surface area contributed by atoms with E-state index in [4.69, 9.17) is 20.1 Å². The summed E-state index contributed by atoms with van der Waals surface area (Å²) in [6, 6.07) is 10.7. The molecule has 1 heterocycles. The van der Waals surface area contributed by atoms with Crippen molar-refractivity contribution in [2.24, 2.45) is 5.84 Å². The second-order valence-electron chi connectivity index (χ2n) is 6.83. The first-order valence-corrected chi connectivity index (χ1v) is 9.14. The van der Waals surface area contributed by atoms with Gasteiger partial charge in [-0.2, -0.15) is 0 Å². The zero-order chi connectivity index (χ0) is 20.4. The number of hydrogen-bond acceptors (Lipinski definition) is 9. The number of nitrogens with zero attached hydrogens (tertiary/aromatic N) is 2. The molecule has 1 aromatic heterocycles. The van der Waals surface area contributed by atoms with Gasteiger partial charge < -0.3 is 30.1 Å². The van der Waals surface area contributed by atoms with Gasteiger partial charge in [0.25, 0.3) is 0 Å². The fourth-order valence-corrected chi connectivity index (χ4v) is 2.25. The van der Waals surface area contributed by atoms with Gasteiger partial charge in [0, 0.05) is 24.2 Å². The zero-order valence-corrected chi connectivity index (χ0v) is 17.7. The Morgan fingerprint density at radius 1 is 1.10 bits per heavy atom. The minimum atomic E-state index is -0.676. The molecule has 9 nitrogen and oxygen atoms in total. The Hall–Kier alpha value is -2.33. The number of aliphatic hydroxyl groups is 1. The average molecular weight is 428 g/mol. The molecule has 10 heteroatoms. The van der Waals surface area contributed by atoms with Gasteiger partial charge in [0.15, 0.2) is 5.82 Å². The summed E-state index contributed by atoms with van der Waals surface area (Å²) in [6.07, 6.45) is -0.676. The Labute approximate surface area is 177 Å². The van der Waals surface area contributed by atoms with Crippen molar-refractivity contribution in [2.45, 2.75) is 32.4 Å². The molecular weight excluding hydrogens is 398 g/mol. The monoisotopic (exact) mass is 427 g/mol. The van der Waals surface area contributed by atoms with Gasteiger partial charge in [-0.3, -0.25) is 0 Å². The molecule has 162 valence electrons. The molecule has 0 aliphatic carbocycles. The van der Waals surface area contributed by atoms with Crippen LogP contribution in [0.3, 0.4) is 0 Å². The third kappa shape index (κ3) is 9.14. The summed E-state index contributed by atoms with van der Waals surface area (Å²) in [4.78, 5) is 0. The van der Waals surface area contributed by atoms with E-state index in [1.807, 2.05) is 39.0 Å². The number of benzene rings is 1. The molecule has 0 saturated heterocycles. The molecule has 1 aromatic carbocycles. The number of rotatable bonds is 12. The molecule has 2 aromatic rings. The molecule has 1 atom stereocenters. The smallest absolute Gasteiger partial charge is 0.233 e. The minimum absolute atomic E-state index is 0. The van der Waals surface area contributed by atoms with Crippen LogP contribution in [0.1, 0.15) is 20.8 Å². The normalized spacial score (nSPS) is 11.9. The van der Waals surface area contributed by atoms with Crippen molar-refractivity contribution in [3.8, 4) is 17.4 Å². The highest BCUT2D eigenvalue weighted by atomic mass is 35.5. The molecule has 5 N–H and O–H groups in total. The lowest BCUT2D eigenvalue weighted by atomic mass is 10.1. The van der Waals surface area contributed by atoms with Crippen molar-refractivity contribution in [3.63, 3.8) is 0 Å². The second-order valence-corrected chi connectivity index (χ2v) is 6.83. The number of hydrogen-bond donors (Lipinski definition) is 4. The van der Waals surface area contributed by atoms with Gasteiger partial charge in [-0.25, -0.2) is 5.84 Å². The van der Waals surface area contributed by atoms with Crippen LogP contribution in [0.25, 0.3) is 0 Å². The van der Waals surface area contributed by atoms with Gasteiger partial charge in [-0.1, -0.05) is 6.07 Å². The summed E-state index contributed by atoms with van der Waals surface area (Å²) in [6.45, 7) is 7.31. The van der Waals surface area contributed by atoms with Crippen molar-refractivity contribution in [1.29, 1.82) is 0 Å². The summed E-state index contributed by atoms with van der Waals surface area (Å²) in [5.41, 5.74) is 2.02. The largest absolute Gasteiger partial charge is 0.494 e. The zero-order valence-electron chi connectivity index (χ0n) is 16.9. The van der Waals surface area contributed by atoms with E-state index in [1.54, 1.807) is 18.2 Å². The first kappa shape index (κ1) is 24.7. The highest BCUT2D eigenvalue weighted by molar-refractivity contribution is 5.85. The van der Waals surface area contributed by atoms with E-state index in [2.05, 4.69) is 20.9 Å². The lowest BCUT2D eigenvalue weighted by Gasteiger charge is -2.27. The van der Waals surface area contributed by atoms with Crippen molar-refractivity contribution in [2.75, 3.05) is 31.8 Å². The van der Waals surface area contributed by atoms with E-state index in [-0.39, 0.29) is 24.6 Å². The third-order valence-electron chi connectivity index (χ3n) is 3.74. The number of hydrazine groups is 1. The Balaban J connectivity index is 0.00000420. The Morgan fingerprint density at radius 3 is 2.45 bits per heavy atom. The van der Waals surface area contributed by atoms with Gasteiger partial charge in [0.1, 0.15) is 30.8 Å². The molecule has 0 amide bonds. The number of aromatic nitrogens is 2. The van der Waals surface area contributed by atoms with E-state index in [0.717, 1.165) is 5.75 Å². The molecule has 0 bridgehead atoms. The predicted octanol–water partition coefficient (Wildman–Crippen LogP) is 1.77. The first-order valence-electron chi connectivity index (χ1n) is 9.14. The van der Waals surface area contributed by atoms with Gasteiger partial charge in [0.2, 0.25) is 5.88 Å². The van der Waals surface area contributed by atoms with Crippen molar-refractivity contribution < 1.29 is 19.3 Å². The molecule has 0 aliphatic rings. The van der Waals surface area contributed by atoms with Crippen LogP contribution >= 0.6 is 12.4 Å². The maximum absolute atomic E-state index is 10.2. The van der Waals surface area contributed by atoms with Crippen LogP contribution in [0, 0.1) is 0 Å². The SMILES string of the molecule is CCOc1cccc(OCC(O)CNC(C)(C)COc2ccc(NN)nn2)c1.Cl. The fourth-order valence-electron chi connectivity index (χ4n) is 2.25. The van der Waals surface area contributed by atoms with E-state index in [9.17, 15) is 5.11 Å². The number of nitrogen functional groups attached to an aromatic ring is 1. The summed E-state index contributed by atoms with van der Waals surface area (Å²) >= 11 is 0. The summed E-state index contributed by atoms with van der Waals surface area (Å²) < 4.78 is 16.7. The number of β-amino-alcohol motifs (C(OH)–C–C–N with tert-alkyl or cyclic N) is 1. The molecule has 2 rings (SSSR count). The summed E-state index contributed by atoms with van der Waals surface area (Å²) in [5.74, 6) is 7.50. The van der Waals surface area contributed by atoms with Crippen LogP contribution in [-0.2, 0) is 0 Å². The van der Waals surface area contributed by atoms with Crippen LogP contribution in [0.2, 0.25) is 0 Å². The molecule has 0 radical (unpaired) electrons. The Bertz CT molecular complexity index is 718. The third-order valence-corrected chi connectivity index (χ3v) is 3.74. The number of aliphatic hydroxyl groups excluding tert-OH is 1. The van der Waals surface area contributed by atoms with Crippen LogP contribution in [0.4, 0.5) is 5.82 Å². The topological polar surface area (TPSA) is 124 Å². The molecule has 0 aliphatic heterocycles. The lowest BCUT2D eigenvalue weighted by molar-refractivity contribution is 0.0921. The van der Waals surface area contributed by atoms with Gasteiger partial charge in [-0.15, -0.1) is 22.6 Å². The standard InChI is InChI=1S/C19H29N5O4.ClH/c1-4-26-15-6-5-7-16(10-15)27-12-14(25)11-21-19(2,3)13-28-18-9-8-17(22-20)23-24-18;/h5-10,14,21,25H,4,11-13,20H2,1-3H3,(H,22,23);1H. The van der Waals surface area contributed by atoms with Crippen LogP contribution < -0.4 is 30.8 Å². The number of nitrogens with one attached hydrogen (secondary N) is 2. The van der Waals surface area contributed by atoms with E-state index >= 15 is 0 Å². The number of anilines is 1. The van der Waals surface area contributed by atoms with E-state index in [0.29, 0.717) is 37.2 Å². The van der Waals surface area contributed by atoms with Gasteiger partial charge in [0.05, 0.1) is 6.61 Å². The number of nitrogens with two attached hydrogens (primary N) is 1. The molecular formula is C19H30ClN5O4. The van der Waals surface area contributed by atoms with Crippen molar-refractivity contribution in [1.82, 2.24) is 15.5 Å². The first-order chi connectivity index (χ1) is 13.4. The summed E-state index contributed by atoms with van der Waals surface area (Å²) in [7, 11) is 0. The quantitative estimate of drug-likeness (QED) is 0.296. The van der Waals surface area contributed by atoms with Crippen LogP contribution in [-0.4, -0.2) is 53.3 Å². The van der Waals surface area contributed by atoms with Crippen LogP contribution in [0.15, 0.2) is 36.4 Å². The van der Waals surface area contributed by atoms with Crippen molar-refractivity contribution >= 4 is 18.2 Å². The van der Waals surface area contributed by atoms with Crippen LogP contribution in [0.5, 0.6) is 17.4 Å². The molecule has 0 spiro atoms. The second kappa shape index (κ2) is 12.3. The lowest BCUT2D eigenvalue weighted by Crippen LogP contribution is -2.48. The van der Waals surface area contributed by atoms with Gasteiger partial charge in [-0.05, 0) is 39.0 Å². The average Bonchev–Trinajstić information content (AvgIpc) is 2.70. The molecule has 29 heavy (non-hydrogen) atoms. The number of halogens is 1. The highest BCUT2D eigenvalue weighted by Crippen LogP contribution is 2.19. The van der Waals surface area contributed by atoms with Crippen molar-refractivity contribution in [3.05, 3.63) is 36.4 Å². The van der Waals surface area contributed by atoms with E-state index in [1.165, 1.54) is 0 Å². The molecule has 1 unspecified atom stereocenters. The fraction of sp³-hybridized carbons (Fsp3) is 0.474.